The van der Waals surface area contributed by atoms with Crippen LogP contribution in [0.1, 0.15) is 29.3 Å². The molecule has 0 aliphatic carbocycles. The van der Waals surface area contributed by atoms with Gasteiger partial charge in [0.1, 0.15) is 0 Å². The number of benzene rings is 3. The van der Waals surface area contributed by atoms with Crippen molar-refractivity contribution in [2.75, 3.05) is 27.2 Å². The third-order valence-corrected chi connectivity index (χ3v) is 7.99. The fourth-order valence-corrected chi connectivity index (χ4v) is 5.76. The number of carbonyl (C=O) groups is 2. The molecule has 0 unspecified atom stereocenters. The third kappa shape index (κ3) is 5.26. The fraction of sp³-hybridized carbons (Fsp3) is 0.200. The van der Waals surface area contributed by atoms with Crippen LogP contribution in [0.15, 0.2) is 76.5 Å². The lowest BCUT2D eigenvalue weighted by Gasteiger charge is -2.21. The largest absolute Gasteiger partial charge is 0.322 e. The molecule has 1 aliphatic rings. The SMILES string of the molecule is CC(=O)N1CCCSc2ccc(S(=O)(=O)Nc3ccc(NC(=O)c4ccccc4)c(C)c3)cc21. The number of thioether (sulfide) groups is 1. The van der Waals surface area contributed by atoms with Crippen LogP contribution in [0, 0.1) is 6.92 Å². The zero-order valence-electron chi connectivity index (χ0n) is 18.9. The lowest BCUT2D eigenvalue weighted by molar-refractivity contribution is -0.116. The van der Waals surface area contributed by atoms with E-state index in [0.717, 1.165) is 17.1 Å². The number of nitrogens with one attached hydrogen (secondary N) is 2. The molecule has 0 bridgehead atoms. The monoisotopic (exact) mass is 495 g/mol. The normalized spacial score (nSPS) is 13.5. The highest BCUT2D eigenvalue weighted by molar-refractivity contribution is 7.99. The summed E-state index contributed by atoms with van der Waals surface area (Å²) in [4.78, 5) is 27.2. The molecular formula is C25H25N3O4S2. The number of amides is 2. The van der Waals surface area contributed by atoms with E-state index in [9.17, 15) is 18.0 Å². The molecule has 1 heterocycles. The van der Waals surface area contributed by atoms with Crippen LogP contribution in [0.4, 0.5) is 17.1 Å². The molecule has 0 saturated heterocycles. The van der Waals surface area contributed by atoms with E-state index < -0.39 is 10.0 Å². The highest BCUT2D eigenvalue weighted by Gasteiger charge is 2.23. The molecule has 4 rings (SSSR count). The Bertz CT molecular complexity index is 1340. The molecule has 3 aromatic rings. The Morgan fingerprint density at radius 1 is 1.00 bits per heavy atom. The Hall–Kier alpha value is -3.30. The third-order valence-electron chi connectivity index (χ3n) is 5.46. The summed E-state index contributed by atoms with van der Waals surface area (Å²) in [6, 6.07) is 18.7. The molecule has 7 nitrogen and oxygen atoms in total. The number of hydrogen-bond acceptors (Lipinski definition) is 5. The number of sulfonamides is 1. The summed E-state index contributed by atoms with van der Waals surface area (Å²) >= 11 is 1.62. The summed E-state index contributed by atoms with van der Waals surface area (Å²) < 4.78 is 28.8. The highest BCUT2D eigenvalue weighted by atomic mass is 32.2. The van der Waals surface area contributed by atoms with Crippen LogP contribution in [-0.4, -0.2) is 32.5 Å². The average molecular weight is 496 g/mol. The first-order chi connectivity index (χ1) is 16.2. The first-order valence-electron chi connectivity index (χ1n) is 10.8. The number of aryl methyl sites for hydroxylation is 1. The van der Waals surface area contributed by atoms with Crippen molar-refractivity contribution in [3.63, 3.8) is 0 Å². The molecule has 2 amide bonds. The van der Waals surface area contributed by atoms with E-state index in [0.29, 0.717) is 34.7 Å². The minimum Gasteiger partial charge on any atom is -0.322 e. The zero-order valence-corrected chi connectivity index (χ0v) is 20.5. The number of hydrogen-bond donors (Lipinski definition) is 2. The van der Waals surface area contributed by atoms with E-state index in [1.807, 2.05) is 6.07 Å². The number of nitrogens with zero attached hydrogens (tertiary/aromatic N) is 1. The molecule has 0 fully saturated rings. The first kappa shape index (κ1) is 23.8. The number of fused-ring (bicyclic) bond motifs is 1. The van der Waals surface area contributed by atoms with Crippen LogP contribution >= 0.6 is 11.8 Å². The van der Waals surface area contributed by atoms with Crippen molar-refractivity contribution in [2.24, 2.45) is 0 Å². The maximum Gasteiger partial charge on any atom is 0.261 e. The van der Waals surface area contributed by atoms with Gasteiger partial charge in [-0.3, -0.25) is 14.3 Å². The molecule has 9 heteroatoms. The minimum atomic E-state index is -3.89. The Labute approximate surface area is 203 Å². The van der Waals surface area contributed by atoms with Gasteiger partial charge >= 0.3 is 0 Å². The number of carbonyl (C=O) groups excluding carboxylic acids is 2. The second-order valence-electron chi connectivity index (χ2n) is 7.96. The molecule has 0 aromatic heterocycles. The Morgan fingerprint density at radius 2 is 1.76 bits per heavy atom. The Kier molecular flexibility index (Phi) is 6.95. The van der Waals surface area contributed by atoms with Crippen molar-refractivity contribution in [3.05, 3.63) is 77.9 Å². The maximum atomic E-state index is 13.1. The molecule has 34 heavy (non-hydrogen) atoms. The van der Waals surface area contributed by atoms with Gasteiger partial charge in [-0.05, 0) is 73.2 Å². The molecule has 176 valence electrons. The van der Waals surface area contributed by atoms with Gasteiger partial charge in [-0.2, -0.15) is 0 Å². The van der Waals surface area contributed by atoms with Gasteiger partial charge in [0.05, 0.1) is 10.6 Å². The van der Waals surface area contributed by atoms with Crippen LogP contribution < -0.4 is 14.9 Å². The van der Waals surface area contributed by atoms with Gasteiger partial charge in [0, 0.05) is 35.3 Å². The van der Waals surface area contributed by atoms with E-state index in [1.165, 1.54) is 6.92 Å². The van der Waals surface area contributed by atoms with Gasteiger partial charge in [0.15, 0.2) is 0 Å². The maximum absolute atomic E-state index is 13.1. The van der Waals surface area contributed by atoms with Crippen LogP contribution in [0.25, 0.3) is 0 Å². The smallest absolute Gasteiger partial charge is 0.261 e. The molecule has 0 spiro atoms. The summed E-state index contributed by atoms with van der Waals surface area (Å²) in [5, 5.41) is 2.85. The highest BCUT2D eigenvalue weighted by Crippen LogP contribution is 2.36. The second kappa shape index (κ2) is 9.90. The number of rotatable bonds is 5. The predicted octanol–water partition coefficient (Wildman–Crippen LogP) is 4.90. The molecule has 0 radical (unpaired) electrons. The van der Waals surface area contributed by atoms with Gasteiger partial charge < -0.3 is 10.2 Å². The number of anilines is 3. The van der Waals surface area contributed by atoms with Gasteiger partial charge in [-0.1, -0.05) is 18.2 Å². The first-order valence-corrected chi connectivity index (χ1v) is 13.3. The van der Waals surface area contributed by atoms with E-state index in [-0.39, 0.29) is 16.7 Å². The zero-order chi connectivity index (χ0) is 24.3. The van der Waals surface area contributed by atoms with Crippen molar-refractivity contribution in [1.29, 1.82) is 0 Å². The van der Waals surface area contributed by atoms with Gasteiger partial charge in [0.25, 0.3) is 15.9 Å². The fourth-order valence-electron chi connectivity index (χ4n) is 3.72. The lowest BCUT2D eigenvalue weighted by Crippen LogP contribution is -2.29. The average Bonchev–Trinajstić information content (AvgIpc) is 3.03. The summed E-state index contributed by atoms with van der Waals surface area (Å²) in [6.07, 6.45) is 0.839. The lowest BCUT2D eigenvalue weighted by atomic mass is 10.1. The van der Waals surface area contributed by atoms with E-state index in [4.69, 9.17) is 0 Å². The molecular weight excluding hydrogens is 470 g/mol. The molecule has 0 saturated carbocycles. The molecule has 0 atom stereocenters. The van der Waals surface area contributed by atoms with Gasteiger partial charge in [-0.25, -0.2) is 8.42 Å². The standard InChI is InChI=1S/C25H25N3O4S2/c1-17-15-20(9-11-22(17)26-25(30)19-7-4-3-5-8-19)27-34(31,32)21-10-12-24-23(16-21)28(18(2)29)13-6-14-33-24/h3-5,7-12,15-16,27H,6,13-14H2,1-2H3,(H,26,30). The van der Waals surface area contributed by atoms with Crippen molar-refractivity contribution in [3.8, 4) is 0 Å². The Balaban J connectivity index is 1.55. The summed E-state index contributed by atoms with van der Waals surface area (Å²) in [5.41, 5.74) is 2.84. The second-order valence-corrected chi connectivity index (χ2v) is 10.8. The van der Waals surface area contributed by atoms with Crippen LogP contribution in [0.3, 0.4) is 0 Å². The van der Waals surface area contributed by atoms with Crippen LogP contribution in [0.2, 0.25) is 0 Å². The van der Waals surface area contributed by atoms with Gasteiger partial charge in [-0.15, -0.1) is 11.8 Å². The van der Waals surface area contributed by atoms with E-state index in [1.54, 1.807) is 84.2 Å². The van der Waals surface area contributed by atoms with Gasteiger partial charge in [0.2, 0.25) is 5.91 Å². The summed E-state index contributed by atoms with van der Waals surface area (Å²) in [5.74, 6) is 0.512. The van der Waals surface area contributed by atoms with Crippen molar-refractivity contribution in [1.82, 2.24) is 0 Å². The molecule has 1 aliphatic heterocycles. The summed E-state index contributed by atoms with van der Waals surface area (Å²) in [7, 11) is -3.89. The van der Waals surface area contributed by atoms with Crippen molar-refractivity contribution < 1.29 is 18.0 Å². The van der Waals surface area contributed by atoms with Crippen LogP contribution in [-0.2, 0) is 14.8 Å². The van der Waals surface area contributed by atoms with E-state index >= 15 is 0 Å². The van der Waals surface area contributed by atoms with E-state index in [2.05, 4.69) is 10.0 Å². The minimum absolute atomic E-state index is 0.0825. The Morgan fingerprint density at radius 3 is 2.47 bits per heavy atom. The van der Waals surface area contributed by atoms with Crippen molar-refractivity contribution in [2.45, 2.75) is 30.1 Å². The van der Waals surface area contributed by atoms with Crippen molar-refractivity contribution >= 4 is 50.7 Å². The topological polar surface area (TPSA) is 95.6 Å². The van der Waals surface area contributed by atoms with Crippen LogP contribution in [0.5, 0.6) is 0 Å². The molecule has 2 N–H and O–H groups in total. The molecule has 3 aromatic carbocycles. The predicted molar refractivity (Wildman–Crippen MR) is 136 cm³/mol. The summed E-state index contributed by atoms with van der Waals surface area (Å²) in [6.45, 7) is 3.84. The quantitative estimate of drug-likeness (QED) is 0.525.